The molecule has 0 aliphatic carbocycles. The van der Waals surface area contributed by atoms with Crippen molar-refractivity contribution in [3.8, 4) is 0 Å². The van der Waals surface area contributed by atoms with Crippen LogP contribution in [0.1, 0.15) is 20.8 Å². The van der Waals surface area contributed by atoms with Crippen molar-refractivity contribution in [2.75, 3.05) is 0 Å². The monoisotopic (exact) mass is 164 g/mol. The summed E-state index contributed by atoms with van der Waals surface area (Å²) in [6.07, 6.45) is 3.33. The molecule has 0 saturated heterocycles. The molecular formula is C11H16O. The quantitative estimate of drug-likeness (QED) is 0.461. The average Bonchev–Trinajstić information content (AvgIpc) is 1.98. The topological polar surface area (TPSA) is 17.1 Å². The van der Waals surface area contributed by atoms with Crippen molar-refractivity contribution in [1.29, 1.82) is 0 Å². The summed E-state index contributed by atoms with van der Waals surface area (Å²) < 4.78 is 0. The Morgan fingerprint density at radius 3 is 2.17 bits per heavy atom. The van der Waals surface area contributed by atoms with E-state index >= 15 is 0 Å². The Morgan fingerprint density at radius 1 is 1.42 bits per heavy atom. The number of hydrogen-bond donors (Lipinski definition) is 0. The molecule has 0 N–H and O–H groups in total. The van der Waals surface area contributed by atoms with Gasteiger partial charge in [0.15, 0.2) is 5.78 Å². The van der Waals surface area contributed by atoms with Gasteiger partial charge in [0.2, 0.25) is 0 Å². The third-order valence-corrected chi connectivity index (χ3v) is 1.71. The first-order valence-corrected chi connectivity index (χ1v) is 4.03. The van der Waals surface area contributed by atoms with E-state index in [9.17, 15) is 4.79 Å². The Balaban J connectivity index is 4.76. The van der Waals surface area contributed by atoms with Crippen LogP contribution >= 0.6 is 0 Å². The number of carbonyl (C=O) groups excluding carboxylic acids is 1. The van der Waals surface area contributed by atoms with E-state index in [1.807, 2.05) is 13.8 Å². The van der Waals surface area contributed by atoms with Crippen LogP contribution in [0.25, 0.3) is 0 Å². The summed E-state index contributed by atoms with van der Waals surface area (Å²) >= 11 is 0. The largest absolute Gasteiger partial charge is 0.295 e. The maximum absolute atomic E-state index is 11.1. The summed E-state index contributed by atoms with van der Waals surface area (Å²) in [6.45, 7) is 13.0. The van der Waals surface area contributed by atoms with Crippen LogP contribution in [0, 0.1) is 5.92 Å². The standard InChI is InChI=1S/C11H16O/c1-6-7-11(10(5)12)9(4)8(2)3/h6-8H,1,4H2,2-3,5H3/b11-7+. The lowest BCUT2D eigenvalue weighted by Crippen LogP contribution is -2.04. The number of Topliss-reactive ketones (excluding diaryl/α,β-unsaturated/α-hetero) is 1. The van der Waals surface area contributed by atoms with Crippen molar-refractivity contribution >= 4 is 5.78 Å². The zero-order valence-electron chi connectivity index (χ0n) is 8.05. The molecule has 12 heavy (non-hydrogen) atoms. The normalized spacial score (nSPS) is 11.5. The van der Waals surface area contributed by atoms with Crippen molar-refractivity contribution in [2.24, 2.45) is 5.92 Å². The molecule has 0 amide bonds. The number of hydrogen-bond acceptors (Lipinski definition) is 1. The van der Waals surface area contributed by atoms with E-state index in [0.29, 0.717) is 11.5 Å². The van der Waals surface area contributed by atoms with Gasteiger partial charge in [-0.2, -0.15) is 0 Å². The molecule has 0 fully saturated rings. The third-order valence-electron chi connectivity index (χ3n) is 1.71. The van der Waals surface area contributed by atoms with Gasteiger partial charge in [0.1, 0.15) is 0 Å². The minimum atomic E-state index is 0.0496. The van der Waals surface area contributed by atoms with Gasteiger partial charge >= 0.3 is 0 Å². The second-order valence-corrected chi connectivity index (χ2v) is 3.05. The Bertz CT molecular complexity index is 231. The van der Waals surface area contributed by atoms with Crippen molar-refractivity contribution in [3.05, 3.63) is 36.5 Å². The van der Waals surface area contributed by atoms with Gasteiger partial charge in [-0.3, -0.25) is 4.79 Å². The average molecular weight is 164 g/mol. The van der Waals surface area contributed by atoms with Gasteiger partial charge in [0.05, 0.1) is 0 Å². The van der Waals surface area contributed by atoms with Crippen LogP contribution in [0.15, 0.2) is 36.5 Å². The van der Waals surface area contributed by atoms with Gasteiger partial charge in [-0.05, 0) is 18.4 Å². The zero-order chi connectivity index (χ0) is 9.72. The van der Waals surface area contributed by atoms with E-state index in [0.717, 1.165) is 5.57 Å². The van der Waals surface area contributed by atoms with Crippen LogP contribution in [-0.4, -0.2) is 5.78 Å². The van der Waals surface area contributed by atoms with Crippen LogP contribution in [0.4, 0.5) is 0 Å². The van der Waals surface area contributed by atoms with Gasteiger partial charge in [-0.25, -0.2) is 0 Å². The van der Waals surface area contributed by atoms with Gasteiger partial charge in [0, 0.05) is 5.57 Å². The van der Waals surface area contributed by atoms with Gasteiger partial charge < -0.3 is 0 Å². The fourth-order valence-electron chi connectivity index (χ4n) is 0.879. The summed E-state index contributed by atoms with van der Waals surface area (Å²) in [7, 11) is 0. The first-order chi connectivity index (χ1) is 5.50. The first kappa shape index (κ1) is 10.9. The summed E-state index contributed by atoms with van der Waals surface area (Å²) in [5.41, 5.74) is 1.56. The van der Waals surface area contributed by atoms with Crippen LogP contribution in [0.2, 0.25) is 0 Å². The highest BCUT2D eigenvalue weighted by molar-refractivity contribution is 5.97. The highest BCUT2D eigenvalue weighted by Crippen LogP contribution is 2.17. The molecule has 66 valence electrons. The molecule has 0 aromatic heterocycles. The molecule has 0 aliphatic heterocycles. The van der Waals surface area contributed by atoms with E-state index in [2.05, 4.69) is 13.2 Å². The van der Waals surface area contributed by atoms with Crippen molar-refractivity contribution in [2.45, 2.75) is 20.8 Å². The highest BCUT2D eigenvalue weighted by Gasteiger charge is 2.09. The molecule has 0 heterocycles. The lowest BCUT2D eigenvalue weighted by atomic mass is 9.94. The lowest BCUT2D eigenvalue weighted by Gasteiger charge is -2.10. The van der Waals surface area contributed by atoms with Crippen LogP contribution in [-0.2, 0) is 4.79 Å². The van der Waals surface area contributed by atoms with E-state index in [4.69, 9.17) is 0 Å². The predicted octanol–water partition coefficient (Wildman–Crippen LogP) is 2.90. The third kappa shape index (κ3) is 2.87. The Kier molecular flexibility index (Phi) is 4.27. The summed E-state index contributed by atoms with van der Waals surface area (Å²) in [5, 5.41) is 0. The van der Waals surface area contributed by atoms with Gasteiger partial charge in [-0.1, -0.05) is 39.2 Å². The fourth-order valence-corrected chi connectivity index (χ4v) is 0.879. The molecule has 0 unspecified atom stereocenters. The molecule has 0 radical (unpaired) electrons. The molecular weight excluding hydrogens is 148 g/mol. The van der Waals surface area contributed by atoms with Crippen molar-refractivity contribution in [3.63, 3.8) is 0 Å². The summed E-state index contributed by atoms with van der Waals surface area (Å²) in [4.78, 5) is 11.1. The minimum absolute atomic E-state index is 0.0496. The maximum atomic E-state index is 11.1. The molecule has 0 saturated carbocycles. The van der Waals surface area contributed by atoms with Crippen LogP contribution in [0.5, 0.6) is 0 Å². The van der Waals surface area contributed by atoms with Crippen LogP contribution in [0.3, 0.4) is 0 Å². The number of allylic oxidation sites excluding steroid dienone is 4. The Labute approximate surface area is 74.5 Å². The predicted molar refractivity (Wildman–Crippen MR) is 52.9 cm³/mol. The Hall–Kier alpha value is -1.11. The van der Waals surface area contributed by atoms with Crippen molar-refractivity contribution < 1.29 is 4.79 Å². The summed E-state index contributed by atoms with van der Waals surface area (Å²) in [6, 6.07) is 0. The maximum Gasteiger partial charge on any atom is 0.160 e. The van der Waals surface area contributed by atoms with E-state index in [1.165, 1.54) is 0 Å². The van der Waals surface area contributed by atoms with Gasteiger partial charge in [-0.15, -0.1) is 0 Å². The molecule has 0 rings (SSSR count). The fraction of sp³-hybridized carbons (Fsp3) is 0.364. The number of rotatable bonds is 4. The number of ketones is 1. The van der Waals surface area contributed by atoms with E-state index in [1.54, 1.807) is 19.1 Å². The molecule has 1 heteroatoms. The number of carbonyl (C=O) groups is 1. The molecule has 0 aromatic carbocycles. The minimum Gasteiger partial charge on any atom is -0.295 e. The Morgan fingerprint density at radius 2 is 1.92 bits per heavy atom. The smallest absolute Gasteiger partial charge is 0.160 e. The van der Waals surface area contributed by atoms with E-state index < -0.39 is 0 Å². The molecule has 0 atom stereocenters. The lowest BCUT2D eigenvalue weighted by molar-refractivity contribution is -0.113. The van der Waals surface area contributed by atoms with Crippen molar-refractivity contribution in [1.82, 2.24) is 0 Å². The second-order valence-electron chi connectivity index (χ2n) is 3.05. The molecule has 0 bridgehead atoms. The van der Waals surface area contributed by atoms with E-state index in [-0.39, 0.29) is 5.78 Å². The zero-order valence-corrected chi connectivity index (χ0v) is 8.05. The van der Waals surface area contributed by atoms with Gasteiger partial charge in [0.25, 0.3) is 0 Å². The molecule has 0 aliphatic rings. The first-order valence-electron chi connectivity index (χ1n) is 4.03. The second kappa shape index (κ2) is 4.70. The summed E-state index contributed by atoms with van der Waals surface area (Å²) in [5.74, 6) is 0.355. The molecule has 1 nitrogen and oxygen atoms in total. The highest BCUT2D eigenvalue weighted by atomic mass is 16.1. The molecule has 0 spiro atoms. The van der Waals surface area contributed by atoms with Crippen LogP contribution < -0.4 is 0 Å². The molecule has 0 aromatic rings. The SMILES string of the molecule is C=C/C=C(\C(=C)C(C)C)C(C)=O.